The highest BCUT2D eigenvalue weighted by Gasteiger charge is 2.35. The molecule has 3 heterocycles. The van der Waals surface area contributed by atoms with Crippen LogP contribution < -0.4 is 4.74 Å². The number of fused-ring (bicyclic) bond motifs is 3. The Balaban J connectivity index is 1.78. The van der Waals surface area contributed by atoms with E-state index in [-0.39, 0.29) is 11.2 Å². The van der Waals surface area contributed by atoms with Crippen molar-refractivity contribution in [1.82, 2.24) is 19.3 Å². The maximum absolute atomic E-state index is 13.3. The number of nitrogens with zero attached hydrogens (tertiary/aromatic N) is 3. The highest BCUT2D eigenvalue weighted by atomic mass is 35.5. The van der Waals surface area contributed by atoms with Crippen LogP contribution in [0.2, 0.25) is 10.0 Å². The second kappa shape index (κ2) is 6.63. The minimum atomic E-state index is -3.36. The molecule has 0 saturated carbocycles. The van der Waals surface area contributed by atoms with Crippen LogP contribution in [0, 0.1) is 4.78 Å². The number of aromatic amines is 1. The minimum absolute atomic E-state index is 0.0282. The number of nitrogens with one attached hydrogen (secondary N) is 2. The minimum Gasteiger partial charge on any atom is -0.494 e. The van der Waals surface area contributed by atoms with E-state index in [0.717, 1.165) is 22.2 Å². The molecule has 0 amide bonds. The van der Waals surface area contributed by atoms with Crippen LogP contribution in [0.1, 0.15) is 24.2 Å². The average Bonchev–Trinajstić information content (AvgIpc) is 3.05. The molecule has 27 heavy (non-hydrogen) atoms. The highest BCUT2D eigenvalue weighted by molar-refractivity contribution is 7.90. The highest BCUT2D eigenvalue weighted by Crippen LogP contribution is 2.41. The van der Waals surface area contributed by atoms with Gasteiger partial charge in [-0.3, -0.25) is 0 Å². The molecule has 0 bridgehead atoms. The van der Waals surface area contributed by atoms with E-state index >= 15 is 0 Å². The molecule has 2 atom stereocenters. The summed E-state index contributed by atoms with van der Waals surface area (Å²) < 4.78 is 28.5. The maximum atomic E-state index is 13.3. The fraction of sp³-hybridized carbons (Fsp3) is 0.294. The lowest BCUT2D eigenvalue weighted by atomic mass is 9.99. The number of rotatable bonds is 3. The third kappa shape index (κ3) is 2.87. The number of methoxy groups -OCH3 is 1. The second-order valence-electron chi connectivity index (χ2n) is 6.30. The van der Waals surface area contributed by atoms with Crippen molar-refractivity contribution in [2.45, 2.75) is 24.5 Å². The van der Waals surface area contributed by atoms with Gasteiger partial charge in [0, 0.05) is 30.1 Å². The molecule has 10 heteroatoms. The Morgan fingerprint density at radius 3 is 2.70 bits per heavy atom. The van der Waals surface area contributed by atoms with E-state index in [1.165, 1.54) is 19.5 Å². The van der Waals surface area contributed by atoms with Gasteiger partial charge < -0.3 is 9.72 Å². The first kappa shape index (κ1) is 18.5. The predicted molar refractivity (Wildman–Crippen MR) is 105 cm³/mol. The molecule has 3 aromatic rings. The number of benzene rings is 1. The fourth-order valence-electron chi connectivity index (χ4n) is 3.52. The molecule has 7 nitrogen and oxygen atoms in total. The largest absolute Gasteiger partial charge is 0.494 e. The van der Waals surface area contributed by atoms with Crippen LogP contribution in [0.25, 0.3) is 10.9 Å². The van der Waals surface area contributed by atoms with E-state index in [9.17, 15) is 4.21 Å². The molecule has 0 radical (unpaired) electrons. The smallest absolute Gasteiger partial charge is 0.242 e. The third-order valence-electron chi connectivity index (χ3n) is 4.84. The number of halogens is 2. The Kier molecular flexibility index (Phi) is 4.54. The van der Waals surface area contributed by atoms with Gasteiger partial charge in [0.1, 0.15) is 0 Å². The van der Waals surface area contributed by atoms with Crippen LogP contribution in [0.4, 0.5) is 0 Å². The zero-order valence-corrected chi connectivity index (χ0v) is 17.0. The summed E-state index contributed by atoms with van der Waals surface area (Å²) in [7, 11) is -1.86. The molecule has 1 aliphatic rings. The van der Waals surface area contributed by atoms with Gasteiger partial charge in [-0.25, -0.2) is 23.3 Å². The first-order chi connectivity index (χ1) is 12.8. The monoisotopic (exact) mass is 425 g/mol. The predicted octanol–water partition coefficient (Wildman–Crippen LogP) is 4.21. The van der Waals surface area contributed by atoms with Gasteiger partial charge in [-0.15, -0.1) is 0 Å². The van der Waals surface area contributed by atoms with Crippen molar-refractivity contribution in [3.63, 3.8) is 0 Å². The van der Waals surface area contributed by atoms with Gasteiger partial charge >= 0.3 is 0 Å². The summed E-state index contributed by atoms with van der Waals surface area (Å²) in [5.74, 6) is 0.450. The summed E-state index contributed by atoms with van der Waals surface area (Å²) in [5.41, 5.74) is 2.76. The van der Waals surface area contributed by atoms with Gasteiger partial charge in [-0.1, -0.05) is 29.3 Å². The van der Waals surface area contributed by atoms with Crippen molar-refractivity contribution in [1.29, 1.82) is 4.78 Å². The number of hydrogen-bond acceptors (Lipinski definition) is 5. The van der Waals surface area contributed by atoms with Crippen LogP contribution >= 0.6 is 23.2 Å². The van der Waals surface area contributed by atoms with Crippen molar-refractivity contribution in [3.05, 3.63) is 45.8 Å². The van der Waals surface area contributed by atoms with E-state index in [1.54, 1.807) is 10.4 Å². The van der Waals surface area contributed by atoms with Crippen LogP contribution in [-0.4, -0.2) is 37.1 Å². The fourth-order valence-corrected chi connectivity index (χ4v) is 5.39. The summed E-state index contributed by atoms with van der Waals surface area (Å²) in [6.07, 6.45) is 3.45. The van der Waals surface area contributed by atoms with E-state index < -0.39 is 9.92 Å². The molecule has 0 spiro atoms. The summed E-state index contributed by atoms with van der Waals surface area (Å²) in [6.45, 7) is 2.36. The van der Waals surface area contributed by atoms with Crippen molar-refractivity contribution in [2.24, 2.45) is 0 Å². The number of ether oxygens (including phenoxy) is 1. The van der Waals surface area contributed by atoms with Gasteiger partial charge in [-0.05, 0) is 18.6 Å². The van der Waals surface area contributed by atoms with Crippen molar-refractivity contribution < 1.29 is 8.95 Å². The van der Waals surface area contributed by atoms with Crippen molar-refractivity contribution in [3.8, 4) is 5.75 Å². The summed E-state index contributed by atoms with van der Waals surface area (Å²) in [4.78, 5) is 11.5. The van der Waals surface area contributed by atoms with E-state index in [0.29, 0.717) is 28.8 Å². The first-order valence-corrected chi connectivity index (χ1v) is 10.5. The molecule has 2 unspecified atom stereocenters. The molecule has 1 aliphatic heterocycles. The lowest BCUT2D eigenvalue weighted by molar-refractivity contribution is 0.339. The molecule has 0 fully saturated rings. The molecular weight excluding hydrogens is 409 g/mol. The zero-order chi connectivity index (χ0) is 19.3. The Labute approximate surface area is 166 Å². The third-order valence-corrected chi connectivity index (χ3v) is 7.51. The molecule has 4 rings (SSSR count). The standard InChI is InChI=1S/C17H17Cl2N5O2S/c1-9-14-11-3-4-12(18)15(19)16(11)23-13(14)5-6-24(9)27(20,25)17-21-7-10(26-2)8-22-17/h3-4,7-9,20,23H,5-6H2,1-2H3. The molecule has 2 aromatic heterocycles. The van der Waals surface area contributed by atoms with Gasteiger partial charge in [-0.2, -0.15) is 0 Å². The summed E-state index contributed by atoms with van der Waals surface area (Å²) in [5, 5.41) is 1.83. The van der Waals surface area contributed by atoms with Crippen LogP contribution in [-0.2, 0) is 16.3 Å². The van der Waals surface area contributed by atoms with Crippen LogP contribution in [0.5, 0.6) is 5.75 Å². The summed E-state index contributed by atoms with van der Waals surface area (Å²) in [6, 6.07) is 3.36. The number of H-pyrrole nitrogens is 1. The SMILES string of the molecule is COc1cnc(S(=N)(=O)N2CCc3[nH]c4c(Cl)c(Cl)ccc4c3C2C)nc1. The van der Waals surface area contributed by atoms with Crippen molar-refractivity contribution in [2.75, 3.05) is 13.7 Å². The van der Waals surface area contributed by atoms with Crippen molar-refractivity contribution >= 4 is 44.0 Å². The van der Waals surface area contributed by atoms with Gasteiger partial charge in [0.05, 0.1) is 35.1 Å². The Morgan fingerprint density at radius 2 is 2.04 bits per heavy atom. The number of hydrogen-bond donors (Lipinski definition) is 2. The van der Waals surface area contributed by atoms with E-state index in [2.05, 4.69) is 15.0 Å². The summed E-state index contributed by atoms with van der Waals surface area (Å²) >= 11 is 12.5. The number of aromatic nitrogens is 3. The molecule has 0 saturated heterocycles. The lowest BCUT2D eigenvalue weighted by Gasteiger charge is -2.33. The first-order valence-electron chi connectivity index (χ1n) is 8.24. The van der Waals surface area contributed by atoms with Gasteiger partial charge in [0.15, 0.2) is 15.7 Å². The van der Waals surface area contributed by atoms with E-state index in [1.807, 2.05) is 13.0 Å². The van der Waals surface area contributed by atoms with Crippen LogP contribution in [0.15, 0.2) is 29.7 Å². The topological polar surface area (TPSA) is 95.0 Å². The molecular formula is C17H17Cl2N5O2S. The van der Waals surface area contributed by atoms with Crippen LogP contribution in [0.3, 0.4) is 0 Å². The average molecular weight is 426 g/mol. The molecule has 142 valence electrons. The Bertz CT molecular complexity index is 1130. The van der Waals surface area contributed by atoms with E-state index in [4.69, 9.17) is 32.7 Å². The normalized spacial score (nSPS) is 19.6. The molecule has 2 N–H and O–H groups in total. The lowest BCUT2D eigenvalue weighted by Crippen LogP contribution is -2.38. The zero-order valence-electron chi connectivity index (χ0n) is 14.6. The Hall–Kier alpha value is -1.87. The quantitative estimate of drug-likeness (QED) is 0.614. The van der Waals surface area contributed by atoms with Gasteiger partial charge in [0.25, 0.3) is 0 Å². The maximum Gasteiger partial charge on any atom is 0.242 e. The van der Waals surface area contributed by atoms with Gasteiger partial charge in [0.2, 0.25) is 5.16 Å². The molecule has 1 aromatic carbocycles. The molecule has 0 aliphatic carbocycles. The Morgan fingerprint density at radius 1 is 1.33 bits per heavy atom. The second-order valence-corrected chi connectivity index (χ2v) is 8.97.